The van der Waals surface area contributed by atoms with E-state index in [1.165, 1.54) is 22.9 Å². The Morgan fingerprint density at radius 1 is 0.933 bits per heavy atom. The van der Waals surface area contributed by atoms with Crippen LogP contribution in [0.5, 0.6) is 0 Å². The molecule has 0 bridgehead atoms. The van der Waals surface area contributed by atoms with Crippen LogP contribution >= 0.6 is 23.7 Å². The first-order valence-electron chi connectivity index (χ1n) is 20.0. The summed E-state index contributed by atoms with van der Waals surface area (Å²) in [6.07, 6.45) is 7.84. The van der Waals surface area contributed by atoms with Crippen molar-refractivity contribution in [2.24, 2.45) is 11.5 Å². The Kier molecular flexibility index (Phi) is 15.7. The number of benzene rings is 3. The summed E-state index contributed by atoms with van der Waals surface area (Å²) >= 11 is 2.32. The van der Waals surface area contributed by atoms with Crippen LogP contribution < -0.4 is 32.1 Å². The number of aromatic amines is 1. The van der Waals surface area contributed by atoms with Crippen molar-refractivity contribution in [2.75, 3.05) is 26.4 Å². The third-order valence-corrected chi connectivity index (χ3v) is 12.3. The second kappa shape index (κ2) is 21.3. The predicted octanol–water partition coefficient (Wildman–Crippen LogP) is 5.04. The van der Waals surface area contributed by atoms with Gasteiger partial charge < -0.3 is 37.3 Å². The molecule has 5 aromatic rings. The molecule has 3 atom stereocenters. The number of pyridine rings is 1. The molecule has 0 radical (unpaired) electrons. The molecule has 13 nitrogen and oxygen atoms in total. The van der Waals surface area contributed by atoms with Gasteiger partial charge in [-0.2, -0.15) is 0 Å². The van der Waals surface area contributed by atoms with Crippen molar-refractivity contribution in [3.8, 4) is 11.1 Å². The summed E-state index contributed by atoms with van der Waals surface area (Å²) in [5, 5.41) is 10.9. The van der Waals surface area contributed by atoms with Gasteiger partial charge >= 0.3 is 0 Å². The van der Waals surface area contributed by atoms with Crippen LogP contribution in [0.3, 0.4) is 0 Å². The maximum Gasteiger partial charge on any atom is 0.261 e. The maximum atomic E-state index is 16.3. The summed E-state index contributed by atoms with van der Waals surface area (Å²) in [6, 6.07) is 18.7. The normalized spacial score (nSPS) is 18.0. The van der Waals surface area contributed by atoms with E-state index < -0.39 is 35.8 Å². The molecule has 6 rings (SSSR count). The number of rotatable bonds is 12. The number of fused-ring (bicyclic) bond motifs is 3. The molecule has 0 aliphatic carbocycles. The largest absolute Gasteiger partial charge is 0.361 e. The first-order valence-corrected chi connectivity index (χ1v) is 22.1. The first kappa shape index (κ1) is 44.3. The van der Waals surface area contributed by atoms with Crippen molar-refractivity contribution in [3.05, 3.63) is 113 Å². The molecule has 0 spiro atoms. The molecule has 3 heterocycles. The lowest BCUT2D eigenvalue weighted by Crippen LogP contribution is -2.57. The minimum atomic E-state index is -1.03. The SMILES string of the molecule is CSNC(=O)c1ccc(-c2ccc(F)c3c2CNC(=O)[C@H](Cc2c[nH]c4ccccc24)N(C)C(=O)[C@H](CCCCN)NC(=O)[C@H](CCCN)NCc2cccnc2S3)cc1. The quantitative estimate of drug-likeness (QED) is 0.0659. The van der Waals surface area contributed by atoms with Crippen LogP contribution in [0, 0.1) is 5.82 Å². The smallest absolute Gasteiger partial charge is 0.261 e. The van der Waals surface area contributed by atoms with Gasteiger partial charge in [-0.15, -0.1) is 0 Å². The van der Waals surface area contributed by atoms with Crippen molar-refractivity contribution in [1.29, 1.82) is 0 Å². The number of aromatic nitrogens is 2. The van der Waals surface area contributed by atoms with Gasteiger partial charge in [-0.1, -0.05) is 66.2 Å². The van der Waals surface area contributed by atoms with Crippen LogP contribution in [0.2, 0.25) is 0 Å². The van der Waals surface area contributed by atoms with E-state index in [1.54, 1.807) is 55.9 Å². The van der Waals surface area contributed by atoms with Crippen molar-refractivity contribution in [1.82, 2.24) is 35.5 Å². The van der Waals surface area contributed by atoms with Gasteiger partial charge in [0.25, 0.3) is 5.91 Å². The number of hydrogen-bond donors (Lipinski definition) is 7. The monoisotopic (exact) mass is 853 g/mol. The highest BCUT2D eigenvalue weighted by atomic mass is 32.2. The number of carbonyl (C=O) groups excluding carboxylic acids is 4. The fourth-order valence-corrected chi connectivity index (χ4v) is 8.72. The maximum absolute atomic E-state index is 16.3. The molecule has 60 heavy (non-hydrogen) atoms. The lowest BCUT2D eigenvalue weighted by atomic mass is 9.97. The standard InChI is InChI=1S/C44H52FN9O4S2/c1-54-38(23-30-25-49-35-11-4-3-10-32(30)35)42(57)51-26-33-31(27-14-16-28(17-15-27)40(55)53-59-2)18-19-34(45)39(33)60-43-29(9-8-22-48-43)24-50-36(13-7-21-47)41(56)52-37(44(54)58)12-5-6-20-46/h3-4,8-11,14-19,22,25,36-38,49-50H,5-7,12-13,20-21,23-24,26,46-47H2,1-2H3,(H,51,57)(H,52,56)(H,53,55)/t36-,37-,38-/m0/s1. The highest BCUT2D eigenvalue weighted by molar-refractivity contribution is 7.99. The number of H-pyrrole nitrogens is 1. The summed E-state index contributed by atoms with van der Waals surface area (Å²) in [7, 11) is 1.58. The number of likely N-dealkylation sites (N-methyl/N-ethyl adjacent to an activating group) is 1. The zero-order valence-corrected chi connectivity index (χ0v) is 35.4. The molecule has 3 aromatic carbocycles. The molecule has 1 aliphatic rings. The van der Waals surface area contributed by atoms with Gasteiger partial charge in [-0.25, -0.2) is 9.37 Å². The van der Waals surface area contributed by atoms with Crippen molar-refractivity contribution >= 4 is 58.2 Å². The van der Waals surface area contributed by atoms with E-state index in [-0.39, 0.29) is 36.2 Å². The first-order chi connectivity index (χ1) is 29.1. The molecule has 4 amide bonds. The van der Waals surface area contributed by atoms with Crippen LogP contribution in [-0.2, 0) is 33.9 Å². The average Bonchev–Trinajstić information content (AvgIpc) is 3.67. The second-order valence-corrected chi connectivity index (χ2v) is 16.3. The van der Waals surface area contributed by atoms with Crippen LogP contribution in [0.15, 0.2) is 95.1 Å². The molecular formula is C44H52FN9O4S2. The topological polar surface area (TPSA) is 200 Å². The van der Waals surface area contributed by atoms with Crippen molar-refractivity contribution in [3.63, 3.8) is 0 Å². The van der Waals surface area contributed by atoms with E-state index in [0.717, 1.165) is 33.8 Å². The number of halogens is 1. The Morgan fingerprint density at radius 3 is 2.47 bits per heavy atom. The Morgan fingerprint density at radius 2 is 1.70 bits per heavy atom. The molecular weight excluding hydrogens is 802 g/mol. The Bertz CT molecular complexity index is 2290. The molecule has 0 fully saturated rings. The molecule has 16 heteroatoms. The van der Waals surface area contributed by atoms with Crippen molar-refractivity contribution in [2.45, 2.75) is 79.7 Å². The molecule has 316 valence electrons. The molecule has 0 saturated heterocycles. The highest BCUT2D eigenvalue weighted by Crippen LogP contribution is 2.39. The lowest BCUT2D eigenvalue weighted by Gasteiger charge is -2.32. The summed E-state index contributed by atoms with van der Waals surface area (Å²) in [5.74, 6) is -2.04. The van der Waals surface area contributed by atoms with Gasteiger partial charge in [-0.05, 0) is 103 Å². The minimum absolute atomic E-state index is 0.104. The van der Waals surface area contributed by atoms with E-state index in [2.05, 4.69) is 30.6 Å². The Hall–Kier alpha value is -5.26. The number of nitrogens with zero attached hydrogens (tertiary/aromatic N) is 2. The van der Waals surface area contributed by atoms with Crippen LogP contribution in [0.1, 0.15) is 59.2 Å². The third-order valence-electron chi connectivity index (χ3n) is 10.7. The van der Waals surface area contributed by atoms with Crippen LogP contribution in [0.25, 0.3) is 22.0 Å². The number of unbranched alkanes of at least 4 members (excludes halogenated alkanes) is 1. The van der Waals surface area contributed by atoms with E-state index in [9.17, 15) is 19.2 Å². The Labute approximate surface area is 357 Å². The van der Waals surface area contributed by atoms with Gasteiger partial charge in [0.2, 0.25) is 17.7 Å². The van der Waals surface area contributed by atoms with E-state index >= 15 is 4.39 Å². The van der Waals surface area contributed by atoms with Crippen LogP contribution in [0.4, 0.5) is 4.39 Å². The number of hydrogen-bond acceptors (Lipinski definition) is 10. The van der Waals surface area contributed by atoms with Gasteiger partial charge in [0.05, 0.1) is 10.9 Å². The number of nitrogens with one attached hydrogen (secondary N) is 5. The molecule has 0 unspecified atom stereocenters. The summed E-state index contributed by atoms with van der Waals surface area (Å²) in [6.45, 7) is 0.888. The van der Waals surface area contributed by atoms with Gasteiger partial charge in [0, 0.05) is 61.7 Å². The molecule has 1 aliphatic heterocycles. The zero-order valence-electron chi connectivity index (χ0n) is 33.8. The second-order valence-electron chi connectivity index (χ2n) is 14.6. The van der Waals surface area contributed by atoms with E-state index in [4.69, 9.17) is 11.5 Å². The average molecular weight is 854 g/mol. The lowest BCUT2D eigenvalue weighted by molar-refractivity contribution is -0.142. The number of nitrogens with two attached hydrogens (primary N) is 2. The molecule has 0 saturated carbocycles. The summed E-state index contributed by atoms with van der Waals surface area (Å²) < 4.78 is 19.0. The predicted molar refractivity (Wildman–Crippen MR) is 235 cm³/mol. The summed E-state index contributed by atoms with van der Waals surface area (Å²) in [4.78, 5) is 65.6. The van der Waals surface area contributed by atoms with Crippen LogP contribution in [-0.4, -0.2) is 83.0 Å². The van der Waals surface area contributed by atoms with Gasteiger partial charge in [0.15, 0.2) is 0 Å². The molecule has 9 N–H and O–H groups in total. The fourth-order valence-electron chi connectivity index (χ4n) is 7.37. The third kappa shape index (κ3) is 10.7. The van der Waals surface area contributed by atoms with Gasteiger partial charge in [0.1, 0.15) is 22.9 Å². The fraction of sp³-hybridized carbons (Fsp3) is 0.341. The number of para-hydroxylation sites is 1. The zero-order chi connectivity index (χ0) is 42.6. The Balaban J connectivity index is 1.47. The van der Waals surface area contributed by atoms with Gasteiger partial charge in [-0.3, -0.25) is 23.9 Å². The summed E-state index contributed by atoms with van der Waals surface area (Å²) in [5.41, 5.74) is 16.4. The molecule has 2 aromatic heterocycles. The number of carbonyl (C=O) groups is 4. The van der Waals surface area contributed by atoms with Crippen molar-refractivity contribution < 1.29 is 23.6 Å². The van der Waals surface area contributed by atoms with E-state index in [1.807, 2.05) is 36.5 Å². The highest BCUT2D eigenvalue weighted by Gasteiger charge is 2.34. The minimum Gasteiger partial charge on any atom is -0.361 e. The number of amides is 4. The van der Waals surface area contributed by atoms with E-state index in [0.29, 0.717) is 72.5 Å².